The van der Waals surface area contributed by atoms with Gasteiger partial charge in [-0.05, 0) is 17.7 Å². The van der Waals surface area contributed by atoms with E-state index in [1.165, 1.54) is 4.90 Å². The minimum atomic E-state index is -1.06. The number of hydrogen-bond acceptors (Lipinski definition) is 6. The summed E-state index contributed by atoms with van der Waals surface area (Å²) >= 11 is 0. The molecule has 1 amide bonds. The van der Waals surface area contributed by atoms with Gasteiger partial charge in [-0.25, -0.2) is 4.79 Å². The minimum absolute atomic E-state index is 0.0825. The Morgan fingerprint density at radius 2 is 1.88 bits per heavy atom. The van der Waals surface area contributed by atoms with Gasteiger partial charge in [0.05, 0.1) is 0 Å². The second kappa shape index (κ2) is 9.68. The van der Waals surface area contributed by atoms with Crippen molar-refractivity contribution < 1.29 is 19.4 Å². The summed E-state index contributed by atoms with van der Waals surface area (Å²) in [6, 6.07) is 6.97. The van der Waals surface area contributed by atoms with E-state index in [1.54, 1.807) is 45.9 Å². The Kier molecular flexibility index (Phi) is 8.27. The molecule has 3 N–H and O–H groups in total. The molecular weight excluding hydrogens is 348 g/mol. The predicted molar refractivity (Wildman–Crippen MR) is 100 cm³/mol. The van der Waals surface area contributed by atoms with Gasteiger partial charge in [0, 0.05) is 22.7 Å². The summed E-state index contributed by atoms with van der Waals surface area (Å²) in [5.41, 5.74) is 7.03. The third-order valence-corrected chi connectivity index (χ3v) is 6.00. The topological polar surface area (TPSA) is 92.9 Å². The van der Waals surface area contributed by atoms with Crippen LogP contribution in [0.2, 0.25) is 0 Å². The number of aliphatic carboxylic acids is 1. The molecule has 6 nitrogen and oxygen atoms in total. The Balaban J connectivity index is 2.48. The zero-order valence-corrected chi connectivity index (χ0v) is 15.8. The molecule has 24 heavy (non-hydrogen) atoms. The van der Waals surface area contributed by atoms with E-state index in [2.05, 4.69) is 20.8 Å². The molecule has 0 radical (unpaired) electrons. The van der Waals surface area contributed by atoms with Crippen molar-refractivity contribution in [3.05, 3.63) is 29.8 Å². The highest BCUT2D eigenvalue weighted by Crippen LogP contribution is 2.34. The number of nitrogens with two attached hydrogens (primary N) is 1. The number of carbonyl (C=O) groups is 2. The second-order valence-corrected chi connectivity index (χ2v) is 9.37. The van der Waals surface area contributed by atoms with Crippen molar-refractivity contribution in [3.63, 3.8) is 0 Å². The van der Waals surface area contributed by atoms with E-state index in [0.29, 0.717) is 18.0 Å². The maximum absolute atomic E-state index is 12.1. The van der Waals surface area contributed by atoms with Gasteiger partial charge in [0.25, 0.3) is 0 Å². The van der Waals surface area contributed by atoms with Crippen LogP contribution in [-0.4, -0.2) is 45.7 Å². The number of benzene rings is 1. The predicted octanol–water partition coefficient (Wildman–Crippen LogP) is 3.47. The largest absolute Gasteiger partial charge is 0.480 e. The average Bonchev–Trinajstić information content (AvgIpc) is 2.48. The van der Waals surface area contributed by atoms with E-state index in [4.69, 9.17) is 15.6 Å². The number of nitrogen functional groups attached to an aromatic ring is 1. The maximum Gasteiger partial charge on any atom is 0.410 e. The van der Waals surface area contributed by atoms with Crippen LogP contribution in [0, 0.1) is 0 Å². The first-order valence-electron chi connectivity index (χ1n) is 7.46. The number of carboxylic acid groups (broad SMARTS) is 1. The lowest BCUT2D eigenvalue weighted by Gasteiger charge is -2.21. The number of amides is 1. The summed E-state index contributed by atoms with van der Waals surface area (Å²) in [6.45, 7) is 6.32. The van der Waals surface area contributed by atoms with Gasteiger partial charge in [-0.3, -0.25) is 9.69 Å². The van der Waals surface area contributed by atoms with Crippen LogP contribution in [0.15, 0.2) is 24.3 Å². The van der Waals surface area contributed by atoms with Gasteiger partial charge in [-0.2, -0.15) is 0 Å². The zero-order valence-electron chi connectivity index (χ0n) is 14.2. The number of anilines is 1. The Morgan fingerprint density at radius 3 is 2.42 bits per heavy atom. The van der Waals surface area contributed by atoms with Crippen LogP contribution in [0.3, 0.4) is 0 Å². The second-order valence-electron chi connectivity index (χ2n) is 6.13. The molecule has 0 saturated carbocycles. The number of nitrogens with zero attached hydrogens (tertiary/aromatic N) is 1. The van der Waals surface area contributed by atoms with Crippen LogP contribution >= 0.6 is 21.6 Å². The number of carbonyl (C=O) groups excluding carboxylic acids is 1. The lowest BCUT2D eigenvalue weighted by molar-refractivity contribution is -0.137. The molecule has 8 heteroatoms. The highest BCUT2D eigenvalue weighted by Gasteiger charge is 2.19. The summed E-state index contributed by atoms with van der Waals surface area (Å²) in [6.07, 6.45) is -0.629. The van der Waals surface area contributed by atoms with Crippen LogP contribution in [0.1, 0.15) is 26.3 Å². The standard InChI is InChI=1S/C16H24N2O4S2/c1-16(2,3)24-23-9-8-18(10-14(19)20)15(21)22-11-12-4-6-13(17)7-5-12/h4-7H,8-11,17H2,1-3H3,(H,19,20). The Bertz CT molecular complexity index is 544. The molecule has 0 saturated heterocycles. The van der Waals surface area contributed by atoms with Crippen LogP contribution < -0.4 is 5.73 Å². The van der Waals surface area contributed by atoms with Crippen LogP contribution in [-0.2, 0) is 16.1 Å². The van der Waals surface area contributed by atoms with Gasteiger partial charge in [0.2, 0.25) is 0 Å². The normalized spacial score (nSPS) is 11.1. The summed E-state index contributed by atoms with van der Waals surface area (Å²) < 4.78 is 5.30. The Hall–Kier alpha value is -1.54. The third-order valence-electron chi connectivity index (χ3n) is 2.68. The molecule has 1 aromatic carbocycles. The molecule has 0 aliphatic carbocycles. The van der Waals surface area contributed by atoms with Crippen molar-refractivity contribution in [1.82, 2.24) is 4.90 Å². The molecule has 0 aromatic heterocycles. The molecule has 1 aromatic rings. The number of ether oxygens (including phenoxy) is 1. The maximum atomic E-state index is 12.1. The minimum Gasteiger partial charge on any atom is -0.480 e. The van der Waals surface area contributed by atoms with Gasteiger partial charge in [-0.1, -0.05) is 54.5 Å². The Morgan fingerprint density at radius 1 is 1.25 bits per heavy atom. The third kappa shape index (κ3) is 8.93. The lowest BCUT2D eigenvalue weighted by atomic mass is 10.2. The van der Waals surface area contributed by atoms with Crippen LogP contribution in [0.25, 0.3) is 0 Å². The highest BCUT2D eigenvalue weighted by atomic mass is 33.1. The molecular formula is C16H24N2O4S2. The van der Waals surface area contributed by atoms with E-state index in [9.17, 15) is 9.59 Å². The van der Waals surface area contributed by atoms with Crippen molar-refractivity contribution in [3.8, 4) is 0 Å². The van der Waals surface area contributed by atoms with E-state index < -0.39 is 12.1 Å². The van der Waals surface area contributed by atoms with Gasteiger partial charge >= 0.3 is 12.1 Å². The molecule has 0 heterocycles. The van der Waals surface area contributed by atoms with Crippen molar-refractivity contribution >= 4 is 39.3 Å². The lowest BCUT2D eigenvalue weighted by Crippen LogP contribution is -2.37. The van der Waals surface area contributed by atoms with Gasteiger partial charge in [-0.15, -0.1) is 0 Å². The number of hydrogen-bond donors (Lipinski definition) is 2. The van der Waals surface area contributed by atoms with Crippen LogP contribution in [0.5, 0.6) is 0 Å². The molecule has 0 bridgehead atoms. The molecule has 1 rings (SSSR count). The summed E-state index contributed by atoms with van der Waals surface area (Å²) in [7, 11) is 3.31. The molecule has 0 aliphatic rings. The van der Waals surface area contributed by atoms with E-state index in [0.717, 1.165) is 5.56 Å². The zero-order chi connectivity index (χ0) is 18.2. The first-order valence-corrected chi connectivity index (χ1v) is 9.78. The molecule has 0 atom stereocenters. The SMILES string of the molecule is CC(C)(C)SSCCN(CC(=O)O)C(=O)OCc1ccc(N)cc1. The quantitative estimate of drug-likeness (QED) is 0.410. The fourth-order valence-corrected chi connectivity index (χ4v) is 3.88. The van der Waals surface area contributed by atoms with Crippen molar-refractivity contribution in [2.45, 2.75) is 32.1 Å². The average molecular weight is 373 g/mol. The Labute approximate surface area is 150 Å². The summed E-state index contributed by atoms with van der Waals surface area (Å²) in [4.78, 5) is 24.3. The van der Waals surface area contributed by atoms with Gasteiger partial charge in [0.15, 0.2) is 0 Å². The molecule has 0 unspecified atom stereocenters. The molecule has 0 aliphatic heterocycles. The van der Waals surface area contributed by atoms with Crippen molar-refractivity contribution in [1.29, 1.82) is 0 Å². The van der Waals surface area contributed by atoms with Crippen molar-refractivity contribution in [2.24, 2.45) is 0 Å². The van der Waals surface area contributed by atoms with Crippen molar-refractivity contribution in [2.75, 3.05) is 24.6 Å². The highest BCUT2D eigenvalue weighted by molar-refractivity contribution is 8.77. The summed E-state index contributed by atoms with van der Waals surface area (Å²) in [5.74, 6) is -0.431. The molecule has 134 valence electrons. The summed E-state index contributed by atoms with van der Waals surface area (Å²) in [5, 5.41) is 8.96. The number of rotatable bonds is 8. The first kappa shape index (κ1) is 20.5. The van der Waals surface area contributed by atoms with E-state index in [-0.39, 0.29) is 17.9 Å². The van der Waals surface area contributed by atoms with Gasteiger partial charge < -0.3 is 15.6 Å². The van der Waals surface area contributed by atoms with E-state index in [1.807, 2.05) is 0 Å². The van der Waals surface area contributed by atoms with E-state index >= 15 is 0 Å². The number of carboxylic acids is 1. The first-order chi connectivity index (χ1) is 11.2. The molecule has 0 fully saturated rings. The monoisotopic (exact) mass is 372 g/mol. The van der Waals surface area contributed by atoms with Gasteiger partial charge in [0.1, 0.15) is 13.2 Å². The smallest absolute Gasteiger partial charge is 0.410 e. The van der Waals surface area contributed by atoms with Crippen LogP contribution in [0.4, 0.5) is 10.5 Å². The fourth-order valence-electron chi connectivity index (χ4n) is 1.61. The fraction of sp³-hybridized carbons (Fsp3) is 0.500. The molecule has 0 spiro atoms.